The lowest BCUT2D eigenvalue weighted by molar-refractivity contribution is -0.173. The largest absolute Gasteiger partial charge is 0.497 e. The van der Waals surface area contributed by atoms with Gasteiger partial charge in [0.25, 0.3) is 0 Å². The summed E-state index contributed by atoms with van der Waals surface area (Å²) in [5.74, 6) is 0.188. The van der Waals surface area contributed by atoms with Crippen LogP contribution in [0.5, 0.6) is 5.75 Å². The van der Waals surface area contributed by atoms with Crippen LogP contribution in [-0.4, -0.2) is 28.8 Å². The second kappa shape index (κ2) is 10.1. The number of Topliss-reactive ketones (excluding diaryl/α,β-unsaturated/α-hetero) is 1. The number of benzene rings is 3. The van der Waals surface area contributed by atoms with Crippen molar-refractivity contribution in [3.8, 4) is 5.75 Å². The van der Waals surface area contributed by atoms with E-state index in [4.69, 9.17) is 4.74 Å². The number of alkyl halides is 3. The molecule has 0 amide bonds. The van der Waals surface area contributed by atoms with Crippen LogP contribution in [0.2, 0.25) is 0 Å². The van der Waals surface area contributed by atoms with Crippen LogP contribution in [0.4, 0.5) is 19.0 Å². The van der Waals surface area contributed by atoms with Crippen molar-refractivity contribution in [2.24, 2.45) is 0 Å². The average Bonchev–Trinajstić information content (AvgIpc) is 3.35. The van der Waals surface area contributed by atoms with E-state index in [1.165, 1.54) is 13.3 Å². The Hall–Kier alpha value is -4.07. The van der Waals surface area contributed by atoms with Gasteiger partial charge in [-0.25, -0.2) is 4.68 Å². The van der Waals surface area contributed by atoms with Gasteiger partial charge in [0.2, 0.25) is 0 Å². The number of rotatable bonds is 7. The molecule has 1 aliphatic heterocycles. The van der Waals surface area contributed by atoms with Gasteiger partial charge < -0.3 is 10.1 Å². The molecule has 37 heavy (non-hydrogen) atoms. The standard InChI is InChI=1S/C29H26F3N3O2/c1-37-22-14-12-21(13-15-22)25-17-27(29(30,31)32)35-28(34-25)24(18-33-35)26(36)16-23(19-8-4-2-5-9-19)20-10-6-3-7-11-20/h2-15,18,23,25,27,34H,16-17H2,1H3. The Morgan fingerprint density at radius 1 is 1.00 bits per heavy atom. The monoisotopic (exact) mass is 505 g/mol. The van der Waals surface area contributed by atoms with Gasteiger partial charge in [-0.2, -0.15) is 18.3 Å². The van der Waals surface area contributed by atoms with Crippen molar-refractivity contribution < 1.29 is 22.7 Å². The van der Waals surface area contributed by atoms with Crippen molar-refractivity contribution in [3.05, 3.63) is 113 Å². The Kier molecular flexibility index (Phi) is 6.74. The molecule has 0 saturated carbocycles. The summed E-state index contributed by atoms with van der Waals surface area (Å²) >= 11 is 0. The molecule has 5 rings (SSSR count). The third-order valence-corrected chi connectivity index (χ3v) is 6.85. The van der Waals surface area contributed by atoms with Crippen LogP contribution in [0, 0.1) is 0 Å². The van der Waals surface area contributed by atoms with E-state index in [2.05, 4.69) is 10.4 Å². The average molecular weight is 506 g/mol. The first-order valence-electron chi connectivity index (χ1n) is 12.0. The van der Waals surface area contributed by atoms with Gasteiger partial charge in [0, 0.05) is 18.8 Å². The predicted octanol–water partition coefficient (Wildman–Crippen LogP) is 6.96. The Bertz CT molecular complexity index is 1310. The number of carbonyl (C=O) groups excluding carboxylic acids is 1. The van der Waals surface area contributed by atoms with Crippen LogP contribution in [0.3, 0.4) is 0 Å². The second-order valence-corrected chi connectivity index (χ2v) is 9.12. The number of anilines is 1. The zero-order valence-corrected chi connectivity index (χ0v) is 20.2. The Morgan fingerprint density at radius 3 is 2.14 bits per heavy atom. The summed E-state index contributed by atoms with van der Waals surface area (Å²) < 4.78 is 48.4. The van der Waals surface area contributed by atoms with Crippen molar-refractivity contribution >= 4 is 11.6 Å². The van der Waals surface area contributed by atoms with Gasteiger partial charge in [-0.1, -0.05) is 72.8 Å². The van der Waals surface area contributed by atoms with E-state index < -0.39 is 18.3 Å². The lowest BCUT2D eigenvalue weighted by Gasteiger charge is -2.34. The molecule has 0 radical (unpaired) electrons. The molecule has 8 heteroatoms. The minimum Gasteiger partial charge on any atom is -0.497 e. The van der Waals surface area contributed by atoms with E-state index in [1.807, 2.05) is 60.7 Å². The summed E-state index contributed by atoms with van der Waals surface area (Å²) in [5, 5.41) is 7.20. The van der Waals surface area contributed by atoms with Crippen molar-refractivity contribution in [2.45, 2.75) is 37.0 Å². The van der Waals surface area contributed by atoms with Gasteiger partial charge in [-0.05, 0) is 28.8 Å². The molecule has 190 valence electrons. The number of halogens is 3. The maximum Gasteiger partial charge on any atom is 0.410 e. The summed E-state index contributed by atoms with van der Waals surface area (Å²) in [6, 6.07) is 23.7. The Morgan fingerprint density at radius 2 is 1.59 bits per heavy atom. The highest BCUT2D eigenvalue weighted by atomic mass is 19.4. The van der Waals surface area contributed by atoms with E-state index in [0.717, 1.165) is 15.8 Å². The molecule has 0 spiro atoms. The molecule has 2 unspecified atom stereocenters. The molecule has 4 aromatic rings. The number of carbonyl (C=O) groups is 1. The first-order valence-corrected chi connectivity index (χ1v) is 12.0. The summed E-state index contributed by atoms with van der Waals surface area (Å²) in [6.45, 7) is 0. The highest BCUT2D eigenvalue weighted by Gasteiger charge is 2.47. The first kappa shape index (κ1) is 24.6. The number of nitrogens with one attached hydrogen (secondary N) is 1. The van der Waals surface area contributed by atoms with Gasteiger partial charge in [-0.15, -0.1) is 0 Å². The number of hydrogen-bond acceptors (Lipinski definition) is 4. The fourth-order valence-electron chi connectivity index (χ4n) is 4.92. The highest BCUT2D eigenvalue weighted by Crippen LogP contribution is 2.45. The molecule has 0 fully saturated rings. The quantitative estimate of drug-likeness (QED) is 0.276. The number of ether oxygens (including phenoxy) is 1. The molecular weight excluding hydrogens is 479 g/mol. The zero-order valence-electron chi connectivity index (χ0n) is 20.2. The summed E-state index contributed by atoms with van der Waals surface area (Å²) in [5.41, 5.74) is 2.75. The number of methoxy groups -OCH3 is 1. The molecule has 0 aliphatic carbocycles. The molecule has 1 aliphatic rings. The van der Waals surface area contributed by atoms with Gasteiger partial charge in [0.05, 0.1) is 24.9 Å². The number of aromatic nitrogens is 2. The van der Waals surface area contributed by atoms with Crippen LogP contribution < -0.4 is 10.1 Å². The molecule has 0 bridgehead atoms. The van der Waals surface area contributed by atoms with Crippen molar-refractivity contribution in [1.29, 1.82) is 0 Å². The van der Waals surface area contributed by atoms with Crippen LogP contribution in [-0.2, 0) is 0 Å². The molecule has 1 aromatic heterocycles. The van der Waals surface area contributed by atoms with Crippen molar-refractivity contribution in [3.63, 3.8) is 0 Å². The van der Waals surface area contributed by atoms with Gasteiger partial charge in [-0.3, -0.25) is 4.79 Å². The zero-order chi connectivity index (χ0) is 26.0. The maximum absolute atomic E-state index is 14.1. The molecule has 2 atom stereocenters. The summed E-state index contributed by atoms with van der Waals surface area (Å²) in [4.78, 5) is 13.6. The smallest absolute Gasteiger partial charge is 0.410 e. The molecule has 3 aromatic carbocycles. The van der Waals surface area contributed by atoms with Crippen molar-refractivity contribution in [1.82, 2.24) is 9.78 Å². The molecular formula is C29H26F3N3O2. The van der Waals surface area contributed by atoms with E-state index >= 15 is 0 Å². The molecule has 2 heterocycles. The third kappa shape index (κ3) is 5.09. The predicted molar refractivity (Wildman–Crippen MR) is 135 cm³/mol. The topological polar surface area (TPSA) is 56.2 Å². The number of ketones is 1. The minimum atomic E-state index is -4.52. The normalized spacial score (nSPS) is 17.2. The fraction of sp³-hybridized carbons (Fsp3) is 0.241. The third-order valence-electron chi connectivity index (χ3n) is 6.85. The van der Waals surface area contributed by atoms with Gasteiger partial charge in [0.1, 0.15) is 11.6 Å². The van der Waals surface area contributed by atoms with Crippen LogP contribution in [0.1, 0.15) is 57.9 Å². The molecule has 0 saturated heterocycles. The lowest BCUT2D eigenvalue weighted by Crippen LogP contribution is -2.36. The summed E-state index contributed by atoms with van der Waals surface area (Å²) in [6.07, 6.45) is -3.41. The Labute approximate surface area is 212 Å². The SMILES string of the molecule is COc1ccc(C2CC(C(F)(F)F)n3ncc(C(=O)CC(c4ccccc4)c4ccccc4)c3N2)cc1. The lowest BCUT2D eigenvalue weighted by atomic mass is 9.86. The van der Waals surface area contributed by atoms with Crippen LogP contribution in [0.15, 0.2) is 91.1 Å². The number of hydrogen-bond donors (Lipinski definition) is 1. The van der Waals surface area contributed by atoms with E-state index in [9.17, 15) is 18.0 Å². The highest BCUT2D eigenvalue weighted by molar-refractivity contribution is 6.01. The number of nitrogens with zero attached hydrogens (tertiary/aromatic N) is 2. The maximum atomic E-state index is 14.1. The fourth-order valence-corrected chi connectivity index (χ4v) is 4.92. The Balaban J connectivity index is 1.49. The van der Waals surface area contributed by atoms with E-state index in [1.54, 1.807) is 24.3 Å². The van der Waals surface area contributed by atoms with Gasteiger partial charge in [0.15, 0.2) is 11.8 Å². The van der Waals surface area contributed by atoms with E-state index in [-0.39, 0.29) is 35.9 Å². The molecule has 5 nitrogen and oxygen atoms in total. The second-order valence-electron chi connectivity index (χ2n) is 9.12. The molecule has 1 N–H and O–H groups in total. The van der Waals surface area contributed by atoms with Gasteiger partial charge >= 0.3 is 6.18 Å². The number of fused-ring (bicyclic) bond motifs is 1. The van der Waals surface area contributed by atoms with Crippen molar-refractivity contribution in [2.75, 3.05) is 12.4 Å². The van der Waals surface area contributed by atoms with Crippen LogP contribution >= 0.6 is 0 Å². The summed E-state index contributed by atoms with van der Waals surface area (Å²) in [7, 11) is 1.53. The minimum absolute atomic E-state index is 0.0955. The first-order chi connectivity index (χ1) is 17.8. The van der Waals surface area contributed by atoms with Crippen LogP contribution in [0.25, 0.3) is 0 Å². The van der Waals surface area contributed by atoms with E-state index in [0.29, 0.717) is 11.3 Å².